The Balaban J connectivity index is 1.43. The van der Waals surface area contributed by atoms with E-state index in [1.54, 1.807) is 28.0 Å². The van der Waals surface area contributed by atoms with E-state index in [4.69, 9.17) is 5.11 Å². The lowest BCUT2D eigenvalue weighted by molar-refractivity contribution is -0.134. The van der Waals surface area contributed by atoms with E-state index in [2.05, 4.69) is 15.2 Å². The van der Waals surface area contributed by atoms with Gasteiger partial charge in [0.1, 0.15) is 0 Å². The number of sulfonamides is 1. The summed E-state index contributed by atoms with van der Waals surface area (Å²) in [5.41, 5.74) is 0.762. The number of carboxylic acid groups (broad SMARTS) is 1. The van der Waals surface area contributed by atoms with Crippen LogP contribution in [0.4, 0.5) is 15.6 Å². The van der Waals surface area contributed by atoms with Gasteiger partial charge in [0.25, 0.3) is 0 Å². The van der Waals surface area contributed by atoms with Gasteiger partial charge in [0.15, 0.2) is 5.13 Å². The third-order valence-electron chi connectivity index (χ3n) is 7.47. The third-order valence-corrected chi connectivity index (χ3v) is 11.5. The maximum atomic E-state index is 13.5. The van der Waals surface area contributed by atoms with Crippen molar-refractivity contribution < 1.29 is 27.9 Å². The Morgan fingerprint density at radius 2 is 1.90 bits per heavy atom. The van der Waals surface area contributed by atoms with E-state index in [1.807, 2.05) is 7.05 Å². The second kappa shape index (κ2) is 10.7. The summed E-state index contributed by atoms with van der Waals surface area (Å²) in [5, 5.41) is 12.0. The van der Waals surface area contributed by atoms with E-state index in [1.165, 1.54) is 28.8 Å². The number of likely N-dealkylation sites (N-methyl/N-ethyl adjacent to an activating group) is 1. The molecule has 0 bridgehead atoms. The largest absolute Gasteiger partial charge is 0.481 e. The molecule has 1 spiro atoms. The highest BCUT2D eigenvalue weighted by molar-refractivity contribution is 8.01. The van der Waals surface area contributed by atoms with Crippen molar-refractivity contribution >= 4 is 61.8 Å². The standard InChI is InChI=1S/C24H30N6O6S3/c1-16(31)28-6-5-24(14-28)15-30(23(34)26-22-25-12-21(38-22)37-13-20(32)33)19-4-3-17(11-18(19)24)39(35,36)29-9-7-27(2)8-10-29/h3-4,11-12H,5-10,13-15H2,1-2H3,(H,32,33)(H,25,26,34). The number of fused-ring (bicyclic) bond motifs is 2. The second-order valence-electron chi connectivity index (χ2n) is 10.0. The first-order valence-electron chi connectivity index (χ1n) is 12.5. The molecule has 3 amide bonds. The molecule has 4 heterocycles. The Hall–Kier alpha value is -2.72. The predicted molar refractivity (Wildman–Crippen MR) is 148 cm³/mol. The summed E-state index contributed by atoms with van der Waals surface area (Å²) in [6, 6.07) is 4.49. The van der Waals surface area contributed by atoms with Crippen LogP contribution < -0.4 is 10.2 Å². The summed E-state index contributed by atoms with van der Waals surface area (Å²) in [6.45, 7) is 4.85. The first-order chi connectivity index (χ1) is 18.5. The van der Waals surface area contributed by atoms with E-state index in [-0.39, 0.29) is 16.6 Å². The predicted octanol–water partition coefficient (Wildman–Crippen LogP) is 1.80. The van der Waals surface area contributed by atoms with E-state index in [9.17, 15) is 22.8 Å². The number of benzene rings is 1. The number of nitrogens with zero attached hydrogens (tertiary/aromatic N) is 5. The van der Waals surface area contributed by atoms with Gasteiger partial charge < -0.3 is 14.9 Å². The van der Waals surface area contributed by atoms with Crippen LogP contribution in [0.5, 0.6) is 0 Å². The number of nitrogens with one attached hydrogen (secondary N) is 1. The number of aliphatic carboxylic acids is 1. The van der Waals surface area contributed by atoms with Crippen LogP contribution in [-0.2, 0) is 25.0 Å². The van der Waals surface area contributed by atoms with Crippen molar-refractivity contribution in [2.24, 2.45) is 0 Å². The fraction of sp³-hybridized carbons (Fsp3) is 0.500. The SMILES string of the molecule is CC(=O)N1CCC2(C1)CN(C(=O)Nc1ncc(SCC(=O)O)s1)c1ccc(S(=O)(=O)N3CCN(C)CC3)cc12. The minimum absolute atomic E-state index is 0.0632. The number of carbonyl (C=O) groups is 3. The van der Waals surface area contributed by atoms with Gasteiger partial charge in [-0.25, -0.2) is 18.2 Å². The van der Waals surface area contributed by atoms with Gasteiger partial charge in [-0.3, -0.25) is 19.8 Å². The lowest BCUT2D eigenvalue weighted by atomic mass is 9.81. The Bertz CT molecular complexity index is 1410. The summed E-state index contributed by atoms with van der Waals surface area (Å²) in [4.78, 5) is 46.3. The van der Waals surface area contributed by atoms with Crippen molar-refractivity contribution in [2.75, 3.05) is 68.8 Å². The molecule has 0 radical (unpaired) electrons. The molecule has 39 heavy (non-hydrogen) atoms. The summed E-state index contributed by atoms with van der Waals surface area (Å²) in [6.07, 6.45) is 2.12. The van der Waals surface area contributed by atoms with Crippen molar-refractivity contribution in [3.8, 4) is 0 Å². The van der Waals surface area contributed by atoms with Crippen LogP contribution in [0, 0.1) is 0 Å². The van der Waals surface area contributed by atoms with Crippen LogP contribution in [0.25, 0.3) is 0 Å². The number of anilines is 2. The monoisotopic (exact) mass is 594 g/mol. The molecular weight excluding hydrogens is 565 g/mol. The first-order valence-corrected chi connectivity index (χ1v) is 15.7. The molecule has 2 saturated heterocycles. The topological polar surface area (TPSA) is 143 Å². The molecular formula is C24H30N6O6S3. The lowest BCUT2D eigenvalue weighted by Crippen LogP contribution is -2.47. The van der Waals surface area contributed by atoms with Crippen LogP contribution in [-0.4, -0.2) is 109 Å². The number of hydrogen-bond acceptors (Lipinski definition) is 9. The summed E-state index contributed by atoms with van der Waals surface area (Å²) in [5.74, 6) is -1.11. The Morgan fingerprint density at radius 3 is 2.56 bits per heavy atom. The molecule has 0 aliphatic carbocycles. The molecule has 2 N–H and O–H groups in total. The van der Waals surface area contributed by atoms with Gasteiger partial charge in [-0.1, -0.05) is 11.3 Å². The van der Waals surface area contributed by atoms with E-state index in [0.717, 1.165) is 17.3 Å². The number of thioether (sulfide) groups is 1. The summed E-state index contributed by atoms with van der Waals surface area (Å²) >= 11 is 2.30. The van der Waals surface area contributed by atoms with Crippen molar-refractivity contribution in [3.63, 3.8) is 0 Å². The molecule has 210 valence electrons. The molecule has 2 aromatic rings. The summed E-state index contributed by atoms with van der Waals surface area (Å²) in [7, 11) is -1.76. The van der Waals surface area contributed by atoms with E-state index >= 15 is 0 Å². The number of urea groups is 1. The number of amides is 3. The Morgan fingerprint density at radius 1 is 1.15 bits per heavy atom. The number of carbonyl (C=O) groups excluding carboxylic acids is 2. The van der Waals surface area contributed by atoms with Crippen molar-refractivity contribution in [3.05, 3.63) is 30.0 Å². The van der Waals surface area contributed by atoms with Crippen LogP contribution in [0.2, 0.25) is 0 Å². The molecule has 0 saturated carbocycles. The Labute approximate surface area is 235 Å². The molecule has 1 aromatic carbocycles. The highest BCUT2D eigenvalue weighted by Gasteiger charge is 2.50. The third kappa shape index (κ3) is 5.50. The van der Waals surface area contributed by atoms with Gasteiger partial charge in [0.05, 0.1) is 21.1 Å². The number of rotatable bonds is 6. The molecule has 3 aliphatic heterocycles. The van der Waals surface area contributed by atoms with E-state index < -0.39 is 27.4 Å². The zero-order valence-electron chi connectivity index (χ0n) is 21.6. The van der Waals surface area contributed by atoms with Crippen molar-refractivity contribution in [1.29, 1.82) is 0 Å². The van der Waals surface area contributed by atoms with Gasteiger partial charge in [0, 0.05) is 63.8 Å². The van der Waals surface area contributed by atoms with E-state index in [0.29, 0.717) is 67.3 Å². The molecule has 12 nitrogen and oxygen atoms in total. The van der Waals surface area contributed by atoms with Crippen molar-refractivity contribution in [2.45, 2.75) is 27.9 Å². The fourth-order valence-corrected chi connectivity index (χ4v) is 8.36. The molecule has 1 aromatic heterocycles. The highest BCUT2D eigenvalue weighted by Crippen LogP contribution is 2.47. The minimum atomic E-state index is -3.72. The fourth-order valence-electron chi connectivity index (χ4n) is 5.33. The average molecular weight is 595 g/mol. The summed E-state index contributed by atoms with van der Waals surface area (Å²) < 4.78 is 29.2. The number of aromatic nitrogens is 1. The molecule has 15 heteroatoms. The lowest BCUT2D eigenvalue weighted by Gasteiger charge is -2.32. The zero-order chi connectivity index (χ0) is 27.9. The molecule has 3 aliphatic rings. The maximum absolute atomic E-state index is 13.5. The van der Waals surface area contributed by atoms with Crippen LogP contribution in [0.3, 0.4) is 0 Å². The van der Waals surface area contributed by atoms with Gasteiger partial charge in [-0.2, -0.15) is 4.31 Å². The average Bonchev–Trinajstić information content (AvgIpc) is 3.61. The van der Waals surface area contributed by atoms with Gasteiger partial charge in [-0.05, 0) is 37.2 Å². The highest BCUT2D eigenvalue weighted by atomic mass is 32.2. The Kier molecular flexibility index (Phi) is 7.63. The number of hydrogen-bond donors (Lipinski definition) is 2. The quantitative estimate of drug-likeness (QED) is 0.479. The first kappa shape index (κ1) is 27.8. The molecule has 1 atom stereocenters. The van der Waals surface area contributed by atoms with Crippen LogP contribution >= 0.6 is 23.1 Å². The minimum Gasteiger partial charge on any atom is -0.481 e. The normalized spacial score (nSPS) is 21.9. The van der Waals surface area contributed by atoms with Gasteiger partial charge in [-0.15, -0.1) is 11.8 Å². The molecule has 5 rings (SSSR count). The number of likely N-dealkylation sites (tertiary alicyclic amines) is 1. The molecule has 2 fully saturated rings. The maximum Gasteiger partial charge on any atom is 0.328 e. The smallest absolute Gasteiger partial charge is 0.328 e. The number of piperazine rings is 1. The zero-order valence-corrected chi connectivity index (χ0v) is 24.1. The van der Waals surface area contributed by atoms with Gasteiger partial charge >= 0.3 is 12.0 Å². The number of thiazole rings is 1. The second-order valence-corrected chi connectivity index (χ2v) is 14.3. The molecule has 1 unspecified atom stereocenters. The van der Waals surface area contributed by atoms with Gasteiger partial charge in [0.2, 0.25) is 15.9 Å². The van der Waals surface area contributed by atoms with Crippen molar-refractivity contribution in [1.82, 2.24) is 19.1 Å². The number of carboxylic acids is 1. The van der Waals surface area contributed by atoms with Crippen LogP contribution in [0.15, 0.2) is 33.5 Å². The van der Waals surface area contributed by atoms with Crippen LogP contribution in [0.1, 0.15) is 18.9 Å².